The molecule has 1 aromatic carbocycles. The van der Waals surface area contributed by atoms with Crippen LogP contribution in [-0.4, -0.2) is 53.4 Å². The van der Waals surface area contributed by atoms with E-state index in [1.165, 1.54) is 50.9 Å². The number of benzene rings is 1. The van der Waals surface area contributed by atoms with Gasteiger partial charge in [-0.25, -0.2) is 0 Å². The Morgan fingerprint density at radius 1 is 0.931 bits per heavy atom. The van der Waals surface area contributed by atoms with Crippen molar-refractivity contribution in [1.82, 2.24) is 14.8 Å². The first-order valence-corrected chi connectivity index (χ1v) is 11.4. The van der Waals surface area contributed by atoms with Gasteiger partial charge in [0.15, 0.2) is 0 Å². The van der Waals surface area contributed by atoms with Crippen LogP contribution in [-0.2, 0) is 0 Å². The van der Waals surface area contributed by atoms with E-state index in [4.69, 9.17) is 0 Å². The number of nitrogens with zero attached hydrogens (tertiary/aromatic N) is 3. The highest BCUT2D eigenvalue weighted by molar-refractivity contribution is 5.94. The zero-order valence-electron chi connectivity index (χ0n) is 17.2. The molecule has 1 amide bonds. The van der Waals surface area contributed by atoms with Crippen molar-refractivity contribution in [3.8, 4) is 11.3 Å². The maximum atomic E-state index is 12.5. The summed E-state index contributed by atoms with van der Waals surface area (Å²) in [4.78, 5) is 21.6. The second kappa shape index (κ2) is 8.27. The highest BCUT2D eigenvalue weighted by Crippen LogP contribution is 2.49. The van der Waals surface area contributed by atoms with Crippen molar-refractivity contribution in [3.63, 3.8) is 0 Å². The van der Waals surface area contributed by atoms with Crippen LogP contribution >= 0.6 is 0 Å². The molecule has 3 heterocycles. The van der Waals surface area contributed by atoms with Crippen LogP contribution in [0.5, 0.6) is 0 Å². The Kier molecular flexibility index (Phi) is 5.36. The number of pyridine rings is 1. The summed E-state index contributed by atoms with van der Waals surface area (Å²) in [7, 11) is 0. The molecule has 0 bridgehead atoms. The zero-order chi connectivity index (χ0) is 19.6. The van der Waals surface area contributed by atoms with Gasteiger partial charge in [-0.2, -0.15) is 0 Å². The lowest BCUT2D eigenvalue weighted by Gasteiger charge is -2.15. The number of rotatable bonds is 6. The van der Waals surface area contributed by atoms with E-state index in [0.717, 1.165) is 49.0 Å². The molecule has 0 N–H and O–H groups in total. The minimum atomic E-state index is 0.116. The molecule has 0 spiro atoms. The van der Waals surface area contributed by atoms with Crippen molar-refractivity contribution in [3.05, 3.63) is 53.7 Å². The fraction of sp³-hybridized carbons (Fsp3) is 0.520. The van der Waals surface area contributed by atoms with Gasteiger partial charge in [-0.3, -0.25) is 9.78 Å². The van der Waals surface area contributed by atoms with E-state index < -0.39 is 0 Å². The molecular formula is C25H31N3O. The van der Waals surface area contributed by atoms with Gasteiger partial charge in [0.25, 0.3) is 5.91 Å². The third-order valence-electron chi connectivity index (χ3n) is 6.98. The molecule has 1 saturated carbocycles. The van der Waals surface area contributed by atoms with E-state index in [0.29, 0.717) is 5.56 Å². The van der Waals surface area contributed by atoms with Crippen molar-refractivity contribution in [1.29, 1.82) is 0 Å². The minimum absolute atomic E-state index is 0.116. The van der Waals surface area contributed by atoms with E-state index in [2.05, 4.69) is 34.1 Å². The Morgan fingerprint density at radius 3 is 2.34 bits per heavy atom. The van der Waals surface area contributed by atoms with Crippen LogP contribution in [0, 0.1) is 5.92 Å². The van der Waals surface area contributed by atoms with E-state index in [1.807, 2.05) is 17.0 Å². The van der Waals surface area contributed by atoms with E-state index >= 15 is 0 Å². The van der Waals surface area contributed by atoms with Crippen LogP contribution in [0.3, 0.4) is 0 Å². The first kappa shape index (κ1) is 18.8. The highest BCUT2D eigenvalue weighted by Gasteiger charge is 2.37. The molecule has 152 valence electrons. The van der Waals surface area contributed by atoms with Crippen LogP contribution < -0.4 is 0 Å². The smallest absolute Gasteiger partial charge is 0.255 e. The van der Waals surface area contributed by atoms with Gasteiger partial charge in [0.05, 0.1) is 11.3 Å². The first-order valence-electron chi connectivity index (χ1n) is 11.4. The fourth-order valence-electron chi connectivity index (χ4n) is 5.02. The summed E-state index contributed by atoms with van der Waals surface area (Å²) in [5.74, 6) is 1.74. The molecule has 1 aliphatic carbocycles. The summed E-state index contributed by atoms with van der Waals surface area (Å²) >= 11 is 0. The summed E-state index contributed by atoms with van der Waals surface area (Å²) in [6.07, 6.45) is 9.43. The van der Waals surface area contributed by atoms with Gasteiger partial charge in [0.1, 0.15) is 0 Å². The van der Waals surface area contributed by atoms with Gasteiger partial charge < -0.3 is 9.80 Å². The Morgan fingerprint density at radius 2 is 1.66 bits per heavy atom. The predicted octanol–water partition coefficient (Wildman–Crippen LogP) is 4.57. The van der Waals surface area contributed by atoms with Crippen molar-refractivity contribution >= 4 is 5.91 Å². The molecule has 4 nitrogen and oxygen atoms in total. The molecule has 2 aliphatic heterocycles. The van der Waals surface area contributed by atoms with Gasteiger partial charge in [-0.05, 0) is 87.7 Å². The summed E-state index contributed by atoms with van der Waals surface area (Å²) < 4.78 is 0. The quantitative estimate of drug-likeness (QED) is 0.726. The van der Waals surface area contributed by atoms with E-state index in [-0.39, 0.29) is 5.91 Å². The Labute approximate surface area is 173 Å². The molecular weight excluding hydrogens is 358 g/mol. The molecule has 2 unspecified atom stereocenters. The summed E-state index contributed by atoms with van der Waals surface area (Å²) in [6, 6.07) is 12.8. The summed E-state index contributed by atoms with van der Waals surface area (Å²) in [5, 5.41) is 0. The van der Waals surface area contributed by atoms with Crippen LogP contribution in [0.15, 0.2) is 42.6 Å². The SMILES string of the molecule is O=C(c1ccc(-c2ccc(C3CC3CCN3CCCC3)cc2)nc1)N1CCCC1. The van der Waals surface area contributed by atoms with Crippen LogP contribution in [0.1, 0.15) is 60.4 Å². The lowest BCUT2D eigenvalue weighted by atomic mass is 10.0. The van der Waals surface area contributed by atoms with Gasteiger partial charge in [0.2, 0.25) is 0 Å². The van der Waals surface area contributed by atoms with Crippen molar-refractivity contribution < 1.29 is 4.79 Å². The monoisotopic (exact) mass is 389 g/mol. The molecule has 3 fully saturated rings. The second-order valence-corrected chi connectivity index (χ2v) is 8.99. The number of carbonyl (C=O) groups is 1. The fourth-order valence-corrected chi connectivity index (χ4v) is 5.02. The van der Waals surface area contributed by atoms with Gasteiger partial charge >= 0.3 is 0 Å². The molecule has 2 aromatic rings. The van der Waals surface area contributed by atoms with Gasteiger partial charge in [-0.1, -0.05) is 24.3 Å². The molecule has 3 aliphatic rings. The molecule has 2 atom stereocenters. The lowest BCUT2D eigenvalue weighted by molar-refractivity contribution is 0.0792. The van der Waals surface area contributed by atoms with E-state index in [1.54, 1.807) is 6.20 Å². The molecule has 5 rings (SSSR count). The number of likely N-dealkylation sites (tertiary alicyclic amines) is 2. The Balaban J connectivity index is 1.18. The summed E-state index contributed by atoms with van der Waals surface area (Å²) in [5.41, 5.74) is 4.24. The summed E-state index contributed by atoms with van der Waals surface area (Å²) in [6.45, 7) is 5.65. The zero-order valence-corrected chi connectivity index (χ0v) is 17.2. The number of carbonyl (C=O) groups excluding carboxylic acids is 1. The minimum Gasteiger partial charge on any atom is -0.339 e. The average Bonchev–Trinajstić information content (AvgIpc) is 3.15. The third-order valence-corrected chi connectivity index (χ3v) is 6.98. The number of hydrogen-bond acceptors (Lipinski definition) is 3. The molecule has 1 aromatic heterocycles. The molecule has 4 heteroatoms. The average molecular weight is 390 g/mol. The number of hydrogen-bond donors (Lipinski definition) is 0. The maximum Gasteiger partial charge on any atom is 0.255 e. The normalized spacial score (nSPS) is 24.2. The number of amides is 1. The molecule has 29 heavy (non-hydrogen) atoms. The largest absolute Gasteiger partial charge is 0.339 e. The van der Waals surface area contributed by atoms with Crippen molar-refractivity contribution in [2.75, 3.05) is 32.7 Å². The van der Waals surface area contributed by atoms with Gasteiger partial charge in [-0.15, -0.1) is 0 Å². The van der Waals surface area contributed by atoms with Crippen LogP contribution in [0.25, 0.3) is 11.3 Å². The molecule has 2 saturated heterocycles. The van der Waals surface area contributed by atoms with Crippen molar-refractivity contribution in [2.45, 2.75) is 44.4 Å². The van der Waals surface area contributed by atoms with E-state index in [9.17, 15) is 4.79 Å². The number of aromatic nitrogens is 1. The Bertz CT molecular complexity index is 833. The van der Waals surface area contributed by atoms with Crippen molar-refractivity contribution in [2.24, 2.45) is 5.92 Å². The highest BCUT2D eigenvalue weighted by atomic mass is 16.2. The third kappa shape index (κ3) is 4.23. The second-order valence-electron chi connectivity index (χ2n) is 8.99. The first-order chi connectivity index (χ1) is 14.3. The standard InChI is InChI=1S/C25H31N3O/c29-25(28-14-3-4-15-28)22-9-10-24(26-18-22)20-7-5-19(6-8-20)23-17-21(23)11-16-27-12-1-2-13-27/h5-10,18,21,23H,1-4,11-17H2. The Hall–Kier alpha value is -2.20. The van der Waals surface area contributed by atoms with Crippen LogP contribution in [0.2, 0.25) is 0 Å². The lowest BCUT2D eigenvalue weighted by Crippen LogP contribution is -2.27. The predicted molar refractivity (Wildman–Crippen MR) is 116 cm³/mol. The maximum absolute atomic E-state index is 12.5. The van der Waals surface area contributed by atoms with Crippen LogP contribution in [0.4, 0.5) is 0 Å². The van der Waals surface area contributed by atoms with Gasteiger partial charge in [0, 0.05) is 24.8 Å². The molecule has 0 radical (unpaired) electrons. The topological polar surface area (TPSA) is 36.4 Å².